The van der Waals surface area contributed by atoms with Gasteiger partial charge in [0.15, 0.2) is 0 Å². The van der Waals surface area contributed by atoms with Crippen LogP contribution in [-0.2, 0) is 11.3 Å². The first kappa shape index (κ1) is 15.0. The van der Waals surface area contributed by atoms with Gasteiger partial charge in [-0.15, -0.1) is 11.3 Å². The third-order valence-corrected chi connectivity index (χ3v) is 3.92. The lowest BCUT2D eigenvalue weighted by Crippen LogP contribution is -2.27. The molecule has 0 saturated carbocycles. The number of hydrogen-bond donors (Lipinski definition) is 1. The number of benzene rings is 1. The van der Waals surface area contributed by atoms with Crippen molar-refractivity contribution >= 4 is 28.8 Å². The van der Waals surface area contributed by atoms with Crippen LogP contribution in [0.1, 0.15) is 23.1 Å². The Kier molecular flexibility index (Phi) is 5.11. The quantitative estimate of drug-likeness (QED) is 0.924. The minimum atomic E-state index is -0.821. The Morgan fingerprint density at radius 1 is 1.45 bits per heavy atom. The summed E-state index contributed by atoms with van der Waals surface area (Å²) < 4.78 is 0. The highest BCUT2D eigenvalue weighted by atomic mass is 35.5. The zero-order valence-corrected chi connectivity index (χ0v) is 12.6. The van der Waals surface area contributed by atoms with E-state index in [0.717, 1.165) is 5.01 Å². The first-order valence-corrected chi connectivity index (χ1v) is 7.38. The Labute approximate surface area is 126 Å². The Balaban J connectivity index is 1.91. The van der Waals surface area contributed by atoms with Crippen molar-refractivity contribution in [2.75, 3.05) is 7.05 Å². The van der Waals surface area contributed by atoms with E-state index in [1.165, 1.54) is 11.3 Å². The molecule has 1 heterocycles. The second-order valence-electron chi connectivity index (χ2n) is 4.45. The summed E-state index contributed by atoms with van der Waals surface area (Å²) >= 11 is 7.29. The molecule has 0 bridgehead atoms. The van der Waals surface area contributed by atoms with Crippen molar-refractivity contribution < 1.29 is 9.90 Å². The number of carbonyl (C=O) groups excluding carboxylic acids is 1. The van der Waals surface area contributed by atoms with E-state index < -0.39 is 6.10 Å². The van der Waals surface area contributed by atoms with Gasteiger partial charge in [-0.05, 0) is 17.7 Å². The fourth-order valence-corrected chi connectivity index (χ4v) is 2.54. The minimum absolute atomic E-state index is 0.0451. The van der Waals surface area contributed by atoms with Crippen molar-refractivity contribution in [2.24, 2.45) is 0 Å². The molecule has 1 N–H and O–H groups in total. The van der Waals surface area contributed by atoms with Crippen LogP contribution in [-0.4, -0.2) is 27.9 Å². The van der Waals surface area contributed by atoms with Gasteiger partial charge in [-0.3, -0.25) is 4.79 Å². The van der Waals surface area contributed by atoms with Crippen LogP contribution in [0.25, 0.3) is 0 Å². The molecule has 0 spiro atoms. The Morgan fingerprint density at radius 3 is 2.75 bits per heavy atom. The Hall–Kier alpha value is -1.43. The van der Waals surface area contributed by atoms with Gasteiger partial charge >= 0.3 is 0 Å². The first-order valence-electron chi connectivity index (χ1n) is 6.12. The summed E-state index contributed by atoms with van der Waals surface area (Å²) in [5.41, 5.74) is 0.686. The van der Waals surface area contributed by atoms with Crippen molar-refractivity contribution in [3.05, 3.63) is 51.4 Å². The van der Waals surface area contributed by atoms with Gasteiger partial charge in [-0.1, -0.05) is 23.7 Å². The van der Waals surface area contributed by atoms with E-state index in [1.807, 2.05) is 5.38 Å². The molecule has 2 aromatic rings. The van der Waals surface area contributed by atoms with Gasteiger partial charge in [0.25, 0.3) is 0 Å². The predicted octanol–water partition coefficient (Wildman–Crippen LogP) is 2.88. The maximum absolute atomic E-state index is 12.0. The number of amides is 1. The predicted molar refractivity (Wildman–Crippen MR) is 79.6 cm³/mol. The molecule has 2 rings (SSSR count). The van der Waals surface area contributed by atoms with Gasteiger partial charge in [0.1, 0.15) is 5.01 Å². The highest BCUT2D eigenvalue weighted by molar-refractivity contribution is 7.09. The van der Waals surface area contributed by atoms with Crippen LogP contribution >= 0.6 is 22.9 Å². The van der Waals surface area contributed by atoms with Gasteiger partial charge < -0.3 is 10.0 Å². The maximum atomic E-state index is 12.0. The molecule has 20 heavy (non-hydrogen) atoms. The molecule has 0 fully saturated rings. The molecule has 0 aliphatic heterocycles. The summed E-state index contributed by atoms with van der Waals surface area (Å²) in [4.78, 5) is 17.7. The van der Waals surface area contributed by atoms with Gasteiger partial charge in [0.2, 0.25) is 5.91 Å². The van der Waals surface area contributed by atoms with Crippen molar-refractivity contribution in [2.45, 2.75) is 19.1 Å². The topological polar surface area (TPSA) is 53.4 Å². The number of hydrogen-bond acceptors (Lipinski definition) is 4. The van der Waals surface area contributed by atoms with E-state index >= 15 is 0 Å². The summed E-state index contributed by atoms with van der Waals surface area (Å²) in [5.74, 6) is -0.123. The van der Waals surface area contributed by atoms with Crippen molar-refractivity contribution in [3.63, 3.8) is 0 Å². The zero-order valence-electron chi connectivity index (χ0n) is 11.0. The van der Waals surface area contributed by atoms with E-state index in [9.17, 15) is 9.90 Å². The average molecular weight is 311 g/mol. The molecule has 4 nitrogen and oxygen atoms in total. The molecule has 1 aromatic carbocycles. The lowest BCUT2D eigenvalue weighted by molar-refractivity contribution is -0.132. The second-order valence-corrected chi connectivity index (χ2v) is 5.86. The molecule has 1 amide bonds. The lowest BCUT2D eigenvalue weighted by atomic mass is 10.1. The Bertz CT molecular complexity index is 557. The number of thiazole rings is 1. The first-order chi connectivity index (χ1) is 9.56. The molecule has 106 valence electrons. The van der Waals surface area contributed by atoms with Gasteiger partial charge in [0, 0.05) is 23.6 Å². The standard InChI is InChI=1S/C14H15ClN2O2S/c1-17(9-13-16-6-7-20-13)14(19)8-12(18)10-2-4-11(15)5-3-10/h2-7,12,18H,8-9H2,1H3. The number of halogens is 1. The molecule has 0 aliphatic carbocycles. The van der Waals surface area contributed by atoms with Gasteiger partial charge in [0.05, 0.1) is 19.1 Å². The smallest absolute Gasteiger partial charge is 0.225 e. The largest absolute Gasteiger partial charge is 0.388 e. The van der Waals surface area contributed by atoms with Crippen molar-refractivity contribution in [1.29, 1.82) is 0 Å². The summed E-state index contributed by atoms with van der Waals surface area (Å²) in [5, 5.41) is 13.4. The highest BCUT2D eigenvalue weighted by Gasteiger charge is 2.17. The fraction of sp³-hybridized carbons (Fsp3) is 0.286. The number of nitrogens with zero attached hydrogens (tertiary/aromatic N) is 2. The molecule has 0 aliphatic rings. The van der Waals surface area contributed by atoms with Gasteiger partial charge in [-0.2, -0.15) is 0 Å². The van der Waals surface area contributed by atoms with E-state index in [0.29, 0.717) is 17.1 Å². The van der Waals surface area contributed by atoms with Crippen LogP contribution in [0, 0.1) is 0 Å². The average Bonchev–Trinajstić information content (AvgIpc) is 2.92. The third-order valence-electron chi connectivity index (χ3n) is 2.90. The number of aliphatic hydroxyl groups is 1. The number of aliphatic hydroxyl groups excluding tert-OH is 1. The summed E-state index contributed by atoms with van der Waals surface area (Å²) in [6.07, 6.45) is 0.934. The molecule has 6 heteroatoms. The fourth-order valence-electron chi connectivity index (χ4n) is 1.75. The molecular weight excluding hydrogens is 296 g/mol. The highest BCUT2D eigenvalue weighted by Crippen LogP contribution is 2.20. The zero-order chi connectivity index (χ0) is 14.5. The molecule has 1 aromatic heterocycles. The van der Waals surface area contributed by atoms with E-state index in [2.05, 4.69) is 4.98 Å². The normalized spacial score (nSPS) is 12.2. The maximum Gasteiger partial charge on any atom is 0.225 e. The van der Waals surface area contributed by atoms with E-state index in [-0.39, 0.29) is 12.3 Å². The molecule has 1 unspecified atom stereocenters. The summed E-state index contributed by atoms with van der Waals surface area (Å²) in [6, 6.07) is 6.84. The van der Waals surface area contributed by atoms with Crippen LogP contribution in [0.5, 0.6) is 0 Å². The summed E-state index contributed by atoms with van der Waals surface area (Å²) in [6.45, 7) is 0.462. The molecular formula is C14H15ClN2O2S. The lowest BCUT2D eigenvalue weighted by Gasteiger charge is -2.18. The van der Waals surface area contributed by atoms with Crippen molar-refractivity contribution in [3.8, 4) is 0 Å². The second kappa shape index (κ2) is 6.83. The number of aromatic nitrogens is 1. The molecule has 0 radical (unpaired) electrons. The number of carbonyl (C=O) groups is 1. The van der Waals surface area contributed by atoms with E-state index in [4.69, 9.17) is 11.6 Å². The minimum Gasteiger partial charge on any atom is -0.388 e. The number of rotatable bonds is 5. The van der Waals surface area contributed by atoms with Crippen LogP contribution in [0.3, 0.4) is 0 Å². The van der Waals surface area contributed by atoms with Crippen molar-refractivity contribution in [1.82, 2.24) is 9.88 Å². The Morgan fingerprint density at radius 2 is 2.15 bits per heavy atom. The van der Waals surface area contributed by atoms with Crippen LogP contribution < -0.4 is 0 Å². The molecule has 1 atom stereocenters. The van der Waals surface area contributed by atoms with E-state index in [1.54, 1.807) is 42.4 Å². The van der Waals surface area contributed by atoms with Crippen LogP contribution in [0.2, 0.25) is 5.02 Å². The van der Waals surface area contributed by atoms with Crippen LogP contribution in [0.15, 0.2) is 35.8 Å². The monoisotopic (exact) mass is 310 g/mol. The molecule has 0 saturated heterocycles. The summed E-state index contributed by atoms with van der Waals surface area (Å²) in [7, 11) is 1.71. The van der Waals surface area contributed by atoms with Gasteiger partial charge in [-0.25, -0.2) is 4.98 Å². The van der Waals surface area contributed by atoms with Crippen LogP contribution in [0.4, 0.5) is 0 Å². The SMILES string of the molecule is CN(Cc1nccs1)C(=O)CC(O)c1ccc(Cl)cc1. The third kappa shape index (κ3) is 4.03.